The third-order valence-electron chi connectivity index (χ3n) is 3.58. The van der Waals surface area contributed by atoms with Crippen molar-refractivity contribution in [3.63, 3.8) is 0 Å². The lowest BCUT2D eigenvalue weighted by Gasteiger charge is -2.10. The molecule has 0 amide bonds. The van der Waals surface area contributed by atoms with E-state index in [2.05, 4.69) is 0 Å². The van der Waals surface area contributed by atoms with Gasteiger partial charge in [-0.15, -0.1) is 0 Å². The Morgan fingerprint density at radius 1 is 0.957 bits per heavy atom. The second-order valence-electron chi connectivity index (χ2n) is 5.03. The Kier molecular flexibility index (Phi) is 3.94. The summed E-state index contributed by atoms with van der Waals surface area (Å²) in [5.74, 6) is 0.796. The summed E-state index contributed by atoms with van der Waals surface area (Å²) in [6, 6.07) is 18.1. The van der Waals surface area contributed by atoms with Crippen LogP contribution in [0.4, 0.5) is 0 Å². The van der Waals surface area contributed by atoms with E-state index in [1.807, 2.05) is 47.2 Å². The molecule has 0 radical (unpaired) electrons. The minimum absolute atomic E-state index is 0.0967. The Bertz CT molecular complexity index is 911. The van der Waals surface area contributed by atoms with Gasteiger partial charge in [-0.05, 0) is 66.2 Å². The third-order valence-corrected chi connectivity index (χ3v) is 4.51. The highest BCUT2D eigenvalue weighted by atomic mass is 32.2. The number of benzene rings is 2. The fourth-order valence-electron chi connectivity index (χ4n) is 2.40. The number of methoxy groups -OCH3 is 1. The smallest absolute Gasteiger partial charge is 0.238 e. The summed E-state index contributed by atoms with van der Waals surface area (Å²) in [4.78, 5) is 0.0967. The summed E-state index contributed by atoms with van der Waals surface area (Å²) >= 11 is 0. The van der Waals surface area contributed by atoms with Crippen LogP contribution in [0.5, 0.6) is 5.75 Å². The predicted molar refractivity (Wildman–Crippen MR) is 89.1 cm³/mol. The lowest BCUT2D eigenvalue weighted by Crippen LogP contribution is -2.12. The lowest BCUT2D eigenvalue weighted by molar-refractivity contribution is 0.415. The van der Waals surface area contributed by atoms with E-state index in [0.717, 1.165) is 22.7 Å². The maximum Gasteiger partial charge on any atom is 0.238 e. The van der Waals surface area contributed by atoms with Gasteiger partial charge < -0.3 is 9.30 Å². The Hall–Kier alpha value is -2.57. The SMILES string of the molecule is COc1ccc(-c2cccn2-c2ccc(S(N)(=O)=O)cc2)cc1. The van der Waals surface area contributed by atoms with Crippen LogP contribution in [0, 0.1) is 0 Å². The van der Waals surface area contributed by atoms with Crippen molar-refractivity contribution in [2.45, 2.75) is 4.90 Å². The number of nitrogens with two attached hydrogens (primary N) is 1. The van der Waals surface area contributed by atoms with Gasteiger partial charge in [-0.25, -0.2) is 13.6 Å². The zero-order valence-electron chi connectivity index (χ0n) is 12.5. The summed E-state index contributed by atoms with van der Waals surface area (Å²) in [5, 5.41) is 5.13. The molecule has 0 aliphatic heterocycles. The van der Waals surface area contributed by atoms with Crippen molar-refractivity contribution >= 4 is 10.0 Å². The third kappa shape index (κ3) is 3.13. The van der Waals surface area contributed by atoms with Crippen molar-refractivity contribution in [2.24, 2.45) is 5.14 Å². The van der Waals surface area contributed by atoms with E-state index in [4.69, 9.17) is 9.88 Å². The van der Waals surface area contributed by atoms with E-state index in [1.165, 1.54) is 12.1 Å². The zero-order valence-corrected chi connectivity index (χ0v) is 13.3. The fourth-order valence-corrected chi connectivity index (χ4v) is 2.91. The molecule has 0 saturated carbocycles. The first-order valence-electron chi connectivity index (χ1n) is 6.94. The summed E-state index contributed by atoms with van der Waals surface area (Å²) in [7, 11) is -2.05. The molecule has 1 aromatic heterocycles. The van der Waals surface area contributed by atoms with Crippen LogP contribution >= 0.6 is 0 Å². The van der Waals surface area contributed by atoms with Gasteiger partial charge in [0.25, 0.3) is 0 Å². The minimum Gasteiger partial charge on any atom is -0.497 e. The Morgan fingerprint density at radius 3 is 2.17 bits per heavy atom. The van der Waals surface area contributed by atoms with Gasteiger partial charge in [0.15, 0.2) is 0 Å². The summed E-state index contributed by atoms with van der Waals surface area (Å²) in [6.45, 7) is 0. The van der Waals surface area contributed by atoms with Gasteiger partial charge in [-0.1, -0.05) is 0 Å². The van der Waals surface area contributed by atoms with E-state index in [9.17, 15) is 8.42 Å². The van der Waals surface area contributed by atoms with Gasteiger partial charge in [-0.2, -0.15) is 0 Å². The number of hydrogen-bond acceptors (Lipinski definition) is 3. The van der Waals surface area contributed by atoms with Crippen molar-refractivity contribution in [3.8, 4) is 22.7 Å². The molecule has 0 aliphatic rings. The van der Waals surface area contributed by atoms with Gasteiger partial charge in [-0.3, -0.25) is 0 Å². The Balaban J connectivity index is 2.00. The second kappa shape index (κ2) is 5.91. The molecule has 1 heterocycles. The van der Waals surface area contributed by atoms with Gasteiger partial charge in [0, 0.05) is 11.9 Å². The van der Waals surface area contributed by atoms with Crippen LogP contribution in [0.1, 0.15) is 0 Å². The Morgan fingerprint density at radius 2 is 1.61 bits per heavy atom. The first-order valence-corrected chi connectivity index (χ1v) is 8.49. The molecule has 2 N–H and O–H groups in total. The van der Waals surface area contributed by atoms with E-state index >= 15 is 0 Å². The highest BCUT2D eigenvalue weighted by molar-refractivity contribution is 7.89. The molecule has 118 valence electrons. The van der Waals surface area contributed by atoms with Gasteiger partial charge in [0.2, 0.25) is 10.0 Å². The Labute approximate surface area is 135 Å². The average Bonchev–Trinajstić information content (AvgIpc) is 3.04. The summed E-state index contributed by atoms with van der Waals surface area (Å²) in [5.41, 5.74) is 2.88. The number of rotatable bonds is 4. The second-order valence-corrected chi connectivity index (χ2v) is 6.59. The van der Waals surface area contributed by atoms with Gasteiger partial charge >= 0.3 is 0 Å². The number of aromatic nitrogens is 1. The van der Waals surface area contributed by atoms with Crippen LogP contribution < -0.4 is 9.88 Å². The molecule has 0 fully saturated rings. The van der Waals surface area contributed by atoms with E-state index < -0.39 is 10.0 Å². The molecule has 0 unspecified atom stereocenters. The molecular weight excluding hydrogens is 312 g/mol. The fraction of sp³-hybridized carbons (Fsp3) is 0.0588. The standard InChI is InChI=1S/C17H16N2O3S/c1-22-15-8-4-13(5-9-15)17-3-2-12-19(17)14-6-10-16(11-7-14)23(18,20)21/h2-12H,1H3,(H2,18,20,21). The first kappa shape index (κ1) is 15.3. The average molecular weight is 328 g/mol. The number of hydrogen-bond donors (Lipinski definition) is 1. The molecule has 2 aromatic carbocycles. The van der Waals surface area contributed by atoms with E-state index in [-0.39, 0.29) is 4.90 Å². The quantitative estimate of drug-likeness (QED) is 0.800. The molecular formula is C17H16N2O3S. The maximum absolute atomic E-state index is 11.3. The van der Waals surface area contributed by atoms with Crippen LogP contribution in [0.15, 0.2) is 71.8 Å². The van der Waals surface area contributed by atoms with Crippen molar-refractivity contribution < 1.29 is 13.2 Å². The van der Waals surface area contributed by atoms with E-state index in [0.29, 0.717) is 0 Å². The summed E-state index contributed by atoms with van der Waals surface area (Å²) < 4.78 is 29.8. The largest absolute Gasteiger partial charge is 0.497 e. The van der Waals surface area contributed by atoms with Crippen LogP contribution in [-0.2, 0) is 10.0 Å². The number of nitrogens with zero attached hydrogens (tertiary/aromatic N) is 1. The number of sulfonamides is 1. The topological polar surface area (TPSA) is 74.3 Å². The van der Waals surface area contributed by atoms with Gasteiger partial charge in [0.05, 0.1) is 17.7 Å². The molecule has 3 rings (SSSR count). The predicted octanol–water partition coefficient (Wildman–Crippen LogP) is 2.80. The summed E-state index contributed by atoms with van der Waals surface area (Å²) in [6.07, 6.45) is 1.92. The molecule has 0 saturated heterocycles. The highest BCUT2D eigenvalue weighted by Crippen LogP contribution is 2.26. The number of ether oxygens (including phenoxy) is 1. The lowest BCUT2D eigenvalue weighted by atomic mass is 10.1. The normalized spacial score (nSPS) is 11.4. The highest BCUT2D eigenvalue weighted by Gasteiger charge is 2.09. The number of primary sulfonamides is 1. The van der Waals surface area contributed by atoms with Crippen LogP contribution in [0.3, 0.4) is 0 Å². The van der Waals surface area contributed by atoms with Crippen LogP contribution in [0.2, 0.25) is 0 Å². The molecule has 23 heavy (non-hydrogen) atoms. The van der Waals surface area contributed by atoms with E-state index in [1.54, 1.807) is 19.2 Å². The minimum atomic E-state index is -3.68. The van der Waals surface area contributed by atoms with Crippen molar-refractivity contribution in [1.29, 1.82) is 0 Å². The zero-order chi connectivity index (χ0) is 16.4. The van der Waals surface area contributed by atoms with Crippen molar-refractivity contribution in [2.75, 3.05) is 7.11 Å². The van der Waals surface area contributed by atoms with Crippen LogP contribution in [-0.4, -0.2) is 20.1 Å². The molecule has 0 spiro atoms. The van der Waals surface area contributed by atoms with Crippen molar-refractivity contribution in [3.05, 3.63) is 66.9 Å². The monoisotopic (exact) mass is 328 g/mol. The molecule has 0 bridgehead atoms. The molecule has 6 heteroatoms. The van der Waals surface area contributed by atoms with Gasteiger partial charge in [0.1, 0.15) is 5.75 Å². The first-order chi connectivity index (χ1) is 11.0. The molecule has 5 nitrogen and oxygen atoms in total. The molecule has 3 aromatic rings. The molecule has 0 aliphatic carbocycles. The van der Waals surface area contributed by atoms with Crippen LogP contribution in [0.25, 0.3) is 16.9 Å². The maximum atomic E-state index is 11.3. The van der Waals surface area contributed by atoms with Crippen molar-refractivity contribution in [1.82, 2.24) is 4.57 Å². The molecule has 0 atom stereocenters.